The van der Waals surface area contributed by atoms with Gasteiger partial charge in [0.15, 0.2) is 5.82 Å². The maximum atomic E-state index is 4.68. The van der Waals surface area contributed by atoms with Crippen molar-refractivity contribution >= 4 is 10.9 Å². The lowest BCUT2D eigenvalue weighted by Gasteiger charge is -2.04. The molecular formula is C14H14N4O. The van der Waals surface area contributed by atoms with Crippen LogP contribution in [0.2, 0.25) is 0 Å². The fourth-order valence-electron chi connectivity index (χ4n) is 1.93. The highest BCUT2D eigenvalue weighted by Gasteiger charge is 2.00. The van der Waals surface area contributed by atoms with Crippen molar-refractivity contribution in [2.75, 3.05) is 6.54 Å². The number of hydrogen-bond donors (Lipinski definition) is 1. The monoisotopic (exact) mass is 254 g/mol. The molecule has 0 aliphatic rings. The van der Waals surface area contributed by atoms with E-state index in [0.717, 1.165) is 41.9 Å². The fraction of sp³-hybridized carbons (Fsp3) is 0.214. The van der Waals surface area contributed by atoms with Crippen molar-refractivity contribution in [1.29, 1.82) is 0 Å². The van der Waals surface area contributed by atoms with E-state index >= 15 is 0 Å². The normalized spacial score (nSPS) is 10.9. The van der Waals surface area contributed by atoms with Crippen LogP contribution in [0.4, 0.5) is 0 Å². The highest BCUT2D eigenvalue weighted by atomic mass is 16.5. The van der Waals surface area contributed by atoms with Crippen LogP contribution >= 0.6 is 0 Å². The van der Waals surface area contributed by atoms with Gasteiger partial charge in [0.2, 0.25) is 6.39 Å². The van der Waals surface area contributed by atoms with E-state index in [-0.39, 0.29) is 0 Å². The minimum atomic E-state index is 0.721. The molecule has 0 saturated heterocycles. The van der Waals surface area contributed by atoms with Crippen LogP contribution in [0.15, 0.2) is 47.3 Å². The van der Waals surface area contributed by atoms with Crippen molar-refractivity contribution in [2.24, 2.45) is 0 Å². The molecular weight excluding hydrogens is 240 g/mol. The van der Waals surface area contributed by atoms with Gasteiger partial charge in [-0.1, -0.05) is 29.4 Å². The summed E-state index contributed by atoms with van der Waals surface area (Å²) in [6.45, 7) is 1.54. The van der Waals surface area contributed by atoms with Gasteiger partial charge in [0.1, 0.15) is 0 Å². The van der Waals surface area contributed by atoms with Gasteiger partial charge in [-0.15, -0.1) is 0 Å². The molecule has 3 rings (SSSR count). The average molecular weight is 254 g/mol. The van der Waals surface area contributed by atoms with Crippen LogP contribution in [0.5, 0.6) is 0 Å². The van der Waals surface area contributed by atoms with E-state index in [2.05, 4.69) is 37.1 Å². The number of pyridine rings is 1. The van der Waals surface area contributed by atoms with Gasteiger partial charge in [0.25, 0.3) is 0 Å². The second-order valence-electron chi connectivity index (χ2n) is 4.27. The Bertz CT molecular complexity index is 651. The summed E-state index contributed by atoms with van der Waals surface area (Å²) in [6.07, 6.45) is 2.10. The minimum absolute atomic E-state index is 0.721. The molecule has 19 heavy (non-hydrogen) atoms. The van der Waals surface area contributed by atoms with Crippen LogP contribution in [0.25, 0.3) is 10.9 Å². The molecule has 0 saturated carbocycles. The lowest BCUT2D eigenvalue weighted by Crippen LogP contribution is -2.17. The number of benzene rings is 1. The van der Waals surface area contributed by atoms with Crippen molar-refractivity contribution in [3.05, 3.63) is 54.3 Å². The Kier molecular flexibility index (Phi) is 3.47. The van der Waals surface area contributed by atoms with Gasteiger partial charge < -0.3 is 9.84 Å². The van der Waals surface area contributed by atoms with Gasteiger partial charge >= 0.3 is 0 Å². The number of aromatic nitrogens is 3. The summed E-state index contributed by atoms with van der Waals surface area (Å²) in [5, 5.41) is 8.25. The topological polar surface area (TPSA) is 63.8 Å². The van der Waals surface area contributed by atoms with Crippen molar-refractivity contribution in [3.63, 3.8) is 0 Å². The summed E-state index contributed by atoms with van der Waals surface area (Å²) < 4.78 is 4.68. The maximum Gasteiger partial charge on any atom is 0.213 e. The van der Waals surface area contributed by atoms with Crippen molar-refractivity contribution in [1.82, 2.24) is 20.4 Å². The Morgan fingerprint density at radius 2 is 2.05 bits per heavy atom. The van der Waals surface area contributed by atoms with Crippen molar-refractivity contribution in [2.45, 2.75) is 13.0 Å². The molecule has 2 aromatic heterocycles. The first-order chi connectivity index (χ1) is 9.42. The summed E-state index contributed by atoms with van der Waals surface area (Å²) in [4.78, 5) is 8.57. The van der Waals surface area contributed by atoms with Gasteiger partial charge in [0.05, 0.1) is 11.2 Å². The Labute approximate surface area is 110 Å². The molecule has 2 heterocycles. The van der Waals surface area contributed by atoms with Gasteiger partial charge in [-0.2, -0.15) is 4.98 Å². The zero-order valence-corrected chi connectivity index (χ0v) is 10.4. The van der Waals surface area contributed by atoms with E-state index in [9.17, 15) is 0 Å². The molecule has 5 heteroatoms. The van der Waals surface area contributed by atoms with E-state index in [1.165, 1.54) is 6.39 Å². The van der Waals surface area contributed by atoms with E-state index in [1.54, 1.807) is 0 Å². The van der Waals surface area contributed by atoms with Crippen molar-refractivity contribution < 1.29 is 4.52 Å². The number of nitrogens with one attached hydrogen (secondary N) is 1. The second-order valence-corrected chi connectivity index (χ2v) is 4.27. The molecule has 0 bridgehead atoms. The third-order valence-corrected chi connectivity index (χ3v) is 2.89. The molecule has 96 valence electrons. The number of fused-ring (bicyclic) bond motifs is 1. The molecule has 0 aliphatic heterocycles. The number of nitrogens with zero attached hydrogens (tertiary/aromatic N) is 3. The highest BCUT2D eigenvalue weighted by Crippen LogP contribution is 2.11. The molecule has 1 N–H and O–H groups in total. The lowest BCUT2D eigenvalue weighted by atomic mass is 10.2. The summed E-state index contributed by atoms with van der Waals surface area (Å²) >= 11 is 0. The third-order valence-electron chi connectivity index (χ3n) is 2.89. The van der Waals surface area contributed by atoms with Gasteiger partial charge in [0, 0.05) is 24.9 Å². The first kappa shape index (κ1) is 11.8. The molecule has 0 amide bonds. The SMILES string of the molecule is c1ccc2nc(CNCCc3ncon3)ccc2c1. The average Bonchev–Trinajstić information content (AvgIpc) is 2.97. The van der Waals surface area contributed by atoms with Crippen molar-refractivity contribution in [3.8, 4) is 0 Å². The van der Waals surface area contributed by atoms with Crippen LogP contribution in [-0.4, -0.2) is 21.7 Å². The fourth-order valence-corrected chi connectivity index (χ4v) is 1.93. The van der Waals surface area contributed by atoms with Gasteiger partial charge in [-0.05, 0) is 12.1 Å². The van der Waals surface area contributed by atoms with Crippen LogP contribution in [0.1, 0.15) is 11.5 Å². The molecule has 3 aromatic rings. The quantitative estimate of drug-likeness (QED) is 0.705. The van der Waals surface area contributed by atoms with E-state index in [4.69, 9.17) is 0 Å². The van der Waals surface area contributed by atoms with E-state index < -0.39 is 0 Å². The standard InChI is InChI=1S/C14H14N4O/c1-2-4-13-11(3-1)5-6-12(17-13)9-15-8-7-14-16-10-19-18-14/h1-6,10,15H,7-9H2. The third kappa shape index (κ3) is 2.95. The van der Waals surface area contributed by atoms with E-state index in [1.807, 2.05) is 24.3 Å². The first-order valence-corrected chi connectivity index (χ1v) is 6.22. The zero-order valence-electron chi connectivity index (χ0n) is 10.4. The smallest absolute Gasteiger partial charge is 0.213 e. The number of rotatable bonds is 5. The van der Waals surface area contributed by atoms with Gasteiger partial charge in [-0.3, -0.25) is 4.98 Å². The van der Waals surface area contributed by atoms with Crippen LogP contribution < -0.4 is 5.32 Å². The Morgan fingerprint density at radius 1 is 1.11 bits per heavy atom. The number of hydrogen-bond acceptors (Lipinski definition) is 5. The minimum Gasteiger partial charge on any atom is -0.343 e. The Balaban J connectivity index is 1.56. The van der Waals surface area contributed by atoms with Crippen LogP contribution in [-0.2, 0) is 13.0 Å². The predicted molar refractivity (Wildman–Crippen MR) is 71.5 cm³/mol. The summed E-state index contributed by atoms with van der Waals surface area (Å²) in [5.74, 6) is 0.721. The Morgan fingerprint density at radius 3 is 2.95 bits per heavy atom. The summed E-state index contributed by atoms with van der Waals surface area (Å²) in [6, 6.07) is 12.3. The predicted octanol–water partition coefficient (Wildman–Crippen LogP) is 1.95. The molecule has 0 radical (unpaired) electrons. The zero-order chi connectivity index (χ0) is 12.9. The Hall–Kier alpha value is -2.27. The maximum absolute atomic E-state index is 4.68. The molecule has 1 aromatic carbocycles. The molecule has 0 unspecified atom stereocenters. The van der Waals surface area contributed by atoms with Gasteiger partial charge in [-0.25, -0.2) is 0 Å². The molecule has 0 atom stereocenters. The van der Waals surface area contributed by atoms with Crippen LogP contribution in [0.3, 0.4) is 0 Å². The number of para-hydroxylation sites is 1. The summed E-state index contributed by atoms with van der Waals surface area (Å²) in [5.41, 5.74) is 2.06. The lowest BCUT2D eigenvalue weighted by molar-refractivity contribution is 0.409. The summed E-state index contributed by atoms with van der Waals surface area (Å²) in [7, 11) is 0. The molecule has 5 nitrogen and oxygen atoms in total. The molecule has 0 aliphatic carbocycles. The first-order valence-electron chi connectivity index (χ1n) is 6.22. The molecule has 0 fully saturated rings. The van der Waals surface area contributed by atoms with Crippen LogP contribution in [0, 0.1) is 0 Å². The molecule has 0 spiro atoms. The largest absolute Gasteiger partial charge is 0.343 e. The highest BCUT2D eigenvalue weighted by molar-refractivity contribution is 5.78. The van der Waals surface area contributed by atoms with E-state index in [0.29, 0.717) is 0 Å². The second kappa shape index (κ2) is 5.58.